The van der Waals surface area contributed by atoms with Crippen LogP contribution in [0.1, 0.15) is 17.5 Å². The minimum absolute atomic E-state index is 0.288. The van der Waals surface area contributed by atoms with Gasteiger partial charge in [0.15, 0.2) is 0 Å². The maximum atomic E-state index is 6.07. The van der Waals surface area contributed by atoms with Gasteiger partial charge in [0.2, 0.25) is 17.6 Å². The monoisotopic (exact) mass is 287 g/mol. The highest BCUT2D eigenvalue weighted by atomic mass is 16.5. The molecule has 0 saturated heterocycles. The van der Waals surface area contributed by atoms with Crippen LogP contribution in [-0.4, -0.2) is 37.0 Å². The summed E-state index contributed by atoms with van der Waals surface area (Å²) in [5, 5.41) is 7.94. The molecular formula is C12H13N7O2. The Morgan fingerprint density at radius 1 is 1.38 bits per heavy atom. The van der Waals surface area contributed by atoms with E-state index in [9.17, 15) is 0 Å². The van der Waals surface area contributed by atoms with E-state index in [0.717, 1.165) is 5.56 Å². The van der Waals surface area contributed by atoms with Gasteiger partial charge in [-0.2, -0.15) is 10.1 Å². The van der Waals surface area contributed by atoms with Crippen LogP contribution in [0, 0.1) is 0 Å². The summed E-state index contributed by atoms with van der Waals surface area (Å²) in [4.78, 5) is 12.2. The Kier molecular flexibility index (Phi) is 3.32. The molecule has 21 heavy (non-hydrogen) atoms. The van der Waals surface area contributed by atoms with Crippen LogP contribution in [-0.2, 0) is 7.05 Å². The standard InChI is InChI=1S/C12H13N7O2/c1-19-5-7(4-16-19)10(13)12-17-11(18-21-12)8-3-9(20-2)15-6-14-8/h3-6,10H,13H2,1-2H3. The van der Waals surface area contributed by atoms with Gasteiger partial charge in [0.05, 0.1) is 13.3 Å². The normalized spacial score (nSPS) is 12.3. The molecule has 0 aliphatic heterocycles. The fourth-order valence-corrected chi connectivity index (χ4v) is 1.78. The van der Waals surface area contributed by atoms with Crippen molar-refractivity contribution < 1.29 is 9.26 Å². The van der Waals surface area contributed by atoms with Gasteiger partial charge in [0.25, 0.3) is 0 Å². The Bertz CT molecular complexity index is 751. The third-order valence-electron chi connectivity index (χ3n) is 2.87. The first kappa shape index (κ1) is 13.2. The fraction of sp³-hybridized carbons (Fsp3) is 0.250. The molecule has 0 bridgehead atoms. The Labute approximate surface area is 119 Å². The summed E-state index contributed by atoms with van der Waals surface area (Å²) in [6.07, 6.45) is 4.82. The van der Waals surface area contributed by atoms with Gasteiger partial charge in [-0.1, -0.05) is 5.16 Å². The third-order valence-corrected chi connectivity index (χ3v) is 2.87. The molecule has 3 rings (SSSR count). The topological polar surface area (TPSA) is 118 Å². The van der Waals surface area contributed by atoms with Gasteiger partial charge >= 0.3 is 0 Å². The number of methoxy groups -OCH3 is 1. The number of nitrogens with two attached hydrogens (primary N) is 1. The fourth-order valence-electron chi connectivity index (χ4n) is 1.78. The van der Waals surface area contributed by atoms with Crippen LogP contribution in [0.15, 0.2) is 29.3 Å². The molecule has 0 amide bonds. The molecule has 0 fully saturated rings. The molecule has 0 spiro atoms. The molecule has 0 aromatic carbocycles. The second-order valence-corrected chi connectivity index (χ2v) is 4.33. The van der Waals surface area contributed by atoms with Crippen molar-refractivity contribution in [1.82, 2.24) is 29.9 Å². The molecule has 0 radical (unpaired) electrons. The lowest BCUT2D eigenvalue weighted by Crippen LogP contribution is -2.11. The van der Waals surface area contributed by atoms with E-state index < -0.39 is 6.04 Å². The molecular weight excluding hydrogens is 274 g/mol. The summed E-state index contributed by atoms with van der Waals surface area (Å²) < 4.78 is 11.9. The smallest absolute Gasteiger partial charge is 0.248 e. The number of hydrogen-bond donors (Lipinski definition) is 1. The Morgan fingerprint density at radius 3 is 2.95 bits per heavy atom. The van der Waals surface area contributed by atoms with E-state index in [1.54, 1.807) is 23.1 Å². The number of hydrogen-bond acceptors (Lipinski definition) is 8. The molecule has 3 heterocycles. The quantitative estimate of drug-likeness (QED) is 0.728. The molecule has 0 saturated carbocycles. The Hall–Kier alpha value is -2.81. The molecule has 108 valence electrons. The zero-order valence-corrected chi connectivity index (χ0v) is 11.5. The van der Waals surface area contributed by atoms with Crippen LogP contribution in [0.25, 0.3) is 11.5 Å². The second kappa shape index (κ2) is 5.29. The van der Waals surface area contributed by atoms with Gasteiger partial charge in [0.1, 0.15) is 18.1 Å². The number of aromatic nitrogens is 6. The predicted octanol–water partition coefficient (Wildman–Crippen LogP) is 0.317. The van der Waals surface area contributed by atoms with Crippen molar-refractivity contribution in [2.24, 2.45) is 12.8 Å². The zero-order chi connectivity index (χ0) is 14.8. The maximum Gasteiger partial charge on any atom is 0.248 e. The van der Waals surface area contributed by atoms with Crippen molar-refractivity contribution >= 4 is 0 Å². The highest BCUT2D eigenvalue weighted by Gasteiger charge is 2.19. The van der Waals surface area contributed by atoms with Crippen molar-refractivity contribution in [2.45, 2.75) is 6.04 Å². The van der Waals surface area contributed by atoms with Crippen molar-refractivity contribution in [1.29, 1.82) is 0 Å². The first-order valence-corrected chi connectivity index (χ1v) is 6.11. The van der Waals surface area contributed by atoms with Crippen LogP contribution >= 0.6 is 0 Å². The van der Waals surface area contributed by atoms with E-state index in [-0.39, 0.29) is 5.89 Å². The lowest BCUT2D eigenvalue weighted by molar-refractivity contribution is 0.367. The summed E-state index contributed by atoms with van der Waals surface area (Å²) in [5.74, 6) is 1.03. The molecule has 9 heteroatoms. The van der Waals surface area contributed by atoms with Crippen molar-refractivity contribution in [3.63, 3.8) is 0 Å². The first-order chi connectivity index (χ1) is 10.2. The lowest BCUT2D eigenvalue weighted by Gasteiger charge is -2.01. The second-order valence-electron chi connectivity index (χ2n) is 4.33. The number of ether oxygens (including phenoxy) is 1. The summed E-state index contributed by atoms with van der Waals surface area (Å²) in [5.41, 5.74) is 7.35. The van der Waals surface area contributed by atoms with Crippen LogP contribution in [0.2, 0.25) is 0 Å². The number of nitrogens with zero attached hydrogens (tertiary/aromatic N) is 6. The first-order valence-electron chi connectivity index (χ1n) is 6.11. The van der Waals surface area contributed by atoms with Gasteiger partial charge in [-0.05, 0) is 0 Å². The SMILES string of the molecule is COc1cc(-c2noc(C(N)c3cnn(C)c3)n2)ncn1. The number of rotatable bonds is 4. The van der Waals surface area contributed by atoms with Crippen LogP contribution in [0.5, 0.6) is 5.88 Å². The highest BCUT2D eigenvalue weighted by Crippen LogP contribution is 2.21. The van der Waals surface area contributed by atoms with Gasteiger partial charge in [-0.15, -0.1) is 0 Å². The van der Waals surface area contributed by atoms with E-state index in [4.69, 9.17) is 15.0 Å². The molecule has 0 aliphatic carbocycles. The van der Waals surface area contributed by atoms with E-state index >= 15 is 0 Å². The van der Waals surface area contributed by atoms with Crippen molar-refractivity contribution in [3.05, 3.63) is 36.2 Å². The molecule has 3 aromatic heterocycles. The maximum absolute atomic E-state index is 6.07. The number of aryl methyl sites for hydroxylation is 1. The molecule has 9 nitrogen and oxygen atoms in total. The Balaban J connectivity index is 1.89. The lowest BCUT2D eigenvalue weighted by atomic mass is 10.2. The Morgan fingerprint density at radius 2 is 2.24 bits per heavy atom. The minimum Gasteiger partial charge on any atom is -0.481 e. The average Bonchev–Trinajstić information content (AvgIpc) is 3.15. The molecule has 0 aliphatic rings. The molecule has 1 unspecified atom stereocenters. The van der Waals surface area contributed by atoms with Crippen LogP contribution in [0.4, 0.5) is 0 Å². The summed E-state index contributed by atoms with van der Waals surface area (Å²) in [6, 6.07) is 1.08. The van der Waals surface area contributed by atoms with Gasteiger partial charge in [-0.25, -0.2) is 9.97 Å². The van der Waals surface area contributed by atoms with E-state index in [1.165, 1.54) is 13.4 Å². The van der Waals surface area contributed by atoms with Crippen molar-refractivity contribution in [3.8, 4) is 17.4 Å². The van der Waals surface area contributed by atoms with E-state index in [2.05, 4.69) is 25.2 Å². The van der Waals surface area contributed by atoms with Gasteiger partial charge < -0.3 is 15.0 Å². The molecule has 1 atom stereocenters. The largest absolute Gasteiger partial charge is 0.481 e. The minimum atomic E-state index is -0.538. The molecule has 2 N–H and O–H groups in total. The average molecular weight is 287 g/mol. The summed E-state index contributed by atoms with van der Waals surface area (Å²) in [7, 11) is 3.33. The van der Waals surface area contributed by atoms with E-state index in [0.29, 0.717) is 17.4 Å². The summed E-state index contributed by atoms with van der Waals surface area (Å²) in [6.45, 7) is 0. The van der Waals surface area contributed by atoms with Crippen LogP contribution < -0.4 is 10.5 Å². The molecule has 3 aromatic rings. The highest BCUT2D eigenvalue weighted by molar-refractivity contribution is 5.49. The van der Waals surface area contributed by atoms with E-state index in [1.807, 2.05) is 7.05 Å². The third kappa shape index (κ3) is 2.58. The van der Waals surface area contributed by atoms with Gasteiger partial charge in [0, 0.05) is 24.9 Å². The van der Waals surface area contributed by atoms with Gasteiger partial charge in [-0.3, -0.25) is 4.68 Å². The van der Waals surface area contributed by atoms with Crippen LogP contribution in [0.3, 0.4) is 0 Å². The predicted molar refractivity (Wildman–Crippen MR) is 71.1 cm³/mol. The summed E-state index contributed by atoms with van der Waals surface area (Å²) >= 11 is 0. The van der Waals surface area contributed by atoms with Crippen molar-refractivity contribution in [2.75, 3.05) is 7.11 Å². The zero-order valence-electron chi connectivity index (χ0n) is 11.5.